The van der Waals surface area contributed by atoms with E-state index in [0.29, 0.717) is 17.9 Å². The fourth-order valence-corrected chi connectivity index (χ4v) is 2.91. The van der Waals surface area contributed by atoms with E-state index in [0.717, 1.165) is 16.9 Å². The molecule has 0 saturated heterocycles. The number of hydrogen-bond donors (Lipinski definition) is 2. The van der Waals surface area contributed by atoms with Crippen LogP contribution in [0.5, 0.6) is 11.5 Å². The van der Waals surface area contributed by atoms with Crippen LogP contribution in [0.3, 0.4) is 0 Å². The van der Waals surface area contributed by atoms with Gasteiger partial charge in [-0.05, 0) is 54.5 Å². The van der Waals surface area contributed by atoms with Gasteiger partial charge in [0.2, 0.25) is 0 Å². The molecule has 2 N–H and O–H groups in total. The predicted octanol–water partition coefficient (Wildman–Crippen LogP) is 4.66. The number of hydrogen-bond acceptors (Lipinski definition) is 4. The van der Waals surface area contributed by atoms with Crippen molar-refractivity contribution in [2.45, 2.75) is 20.1 Å². The summed E-state index contributed by atoms with van der Waals surface area (Å²) in [6, 6.07) is 12.6. The maximum Gasteiger partial charge on any atom is 0.387 e. The average molecular weight is 418 g/mol. The molecule has 9 heteroatoms. The van der Waals surface area contributed by atoms with Gasteiger partial charge in [-0.25, -0.2) is 0 Å². The molecule has 3 aromatic rings. The third kappa shape index (κ3) is 5.89. The van der Waals surface area contributed by atoms with Crippen LogP contribution in [0, 0.1) is 6.92 Å². The molecular weight excluding hydrogens is 398 g/mol. The second-order valence-electron chi connectivity index (χ2n) is 6.24. The number of anilines is 2. The Morgan fingerprint density at radius 3 is 2.79 bits per heavy atom. The molecule has 0 bridgehead atoms. The highest BCUT2D eigenvalue weighted by Gasteiger charge is 2.12. The van der Waals surface area contributed by atoms with Crippen LogP contribution in [-0.2, 0) is 6.54 Å². The number of rotatable bonds is 7. The maximum atomic E-state index is 12.6. The SMILES string of the molecule is COc1cccc(Cn2cc(NC(=S)Nc3ccc(C)cc3OC(F)F)cn2)c1. The topological polar surface area (TPSA) is 60.3 Å². The van der Waals surface area contributed by atoms with Crippen molar-refractivity contribution < 1.29 is 18.3 Å². The first kappa shape index (κ1) is 20.5. The summed E-state index contributed by atoms with van der Waals surface area (Å²) in [5.41, 5.74) is 2.84. The Bertz CT molecular complexity index is 994. The molecule has 0 aliphatic rings. The van der Waals surface area contributed by atoms with Gasteiger partial charge in [-0.3, -0.25) is 4.68 Å². The summed E-state index contributed by atoms with van der Waals surface area (Å²) in [7, 11) is 1.62. The van der Waals surface area contributed by atoms with E-state index in [2.05, 4.69) is 20.5 Å². The van der Waals surface area contributed by atoms with Crippen LogP contribution in [0.15, 0.2) is 54.9 Å². The van der Waals surface area contributed by atoms with E-state index in [-0.39, 0.29) is 10.9 Å². The van der Waals surface area contributed by atoms with Crippen molar-refractivity contribution in [3.05, 3.63) is 66.0 Å². The highest BCUT2D eigenvalue weighted by Crippen LogP contribution is 2.27. The fourth-order valence-electron chi connectivity index (χ4n) is 2.68. The minimum atomic E-state index is -2.92. The van der Waals surface area contributed by atoms with Gasteiger partial charge in [0.25, 0.3) is 0 Å². The van der Waals surface area contributed by atoms with Crippen LogP contribution in [0.2, 0.25) is 0 Å². The van der Waals surface area contributed by atoms with Crippen molar-refractivity contribution in [1.82, 2.24) is 9.78 Å². The van der Waals surface area contributed by atoms with E-state index in [9.17, 15) is 8.78 Å². The second kappa shape index (κ2) is 9.33. The monoisotopic (exact) mass is 418 g/mol. The van der Waals surface area contributed by atoms with E-state index in [4.69, 9.17) is 17.0 Å². The molecule has 29 heavy (non-hydrogen) atoms. The summed E-state index contributed by atoms with van der Waals surface area (Å²) in [5, 5.41) is 10.4. The lowest BCUT2D eigenvalue weighted by Crippen LogP contribution is -2.19. The second-order valence-corrected chi connectivity index (χ2v) is 6.64. The number of aromatic nitrogens is 2. The summed E-state index contributed by atoms with van der Waals surface area (Å²) in [6.45, 7) is -0.576. The lowest BCUT2D eigenvalue weighted by molar-refractivity contribution is -0.0493. The maximum absolute atomic E-state index is 12.6. The van der Waals surface area contributed by atoms with Gasteiger partial charge in [0.05, 0.1) is 31.2 Å². The van der Waals surface area contributed by atoms with Gasteiger partial charge in [0.1, 0.15) is 11.5 Å². The minimum absolute atomic E-state index is 0.0258. The molecule has 0 unspecified atom stereocenters. The molecule has 2 aromatic carbocycles. The van der Waals surface area contributed by atoms with Crippen LogP contribution in [0.25, 0.3) is 0 Å². The van der Waals surface area contributed by atoms with E-state index in [1.165, 1.54) is 6.07 Å². The highest BCUT2D eigenvalue weighted by atomic mass is 32.1. The number of nitrogens with zero attached hydrogens (tertiary/aromatic N) is 2. The molecule has 0 amide bonds. The number of nitrogens with one attached hydrogen (secondary N) is 2. The molecular formula is C20H20F2N4O2S. The van der Waals surface area contributed by atoms with Crippen LogP contribution in [0.4, 0.5) is 20.2 Å². The lowest BCUT2D eigenvalue weighted by Gasteiger charge is -2.14. The third-order valence-electron chi connectivity index (χ3n) is 3.97. The number of benzene rings is 2. The summed E-state index contributed by atoms with van der Waals surface area (Å²) >= 11 is 5.28. The zero-order valence-corrected chi connectivity index (χ0v) is 16.7. The third-order valence-corrected chi connectivity index (χ3v) is 4.18. The van der Waals surface area contributed by atoms with E-state index < -0.39 is 6.61 Å². The number of methoxy groups -OCH3 is 1. The smallest absolute Gasteiger partial charge is 0.387 e. The Morgan fingerprint density at radius 2 is 2.03 bits per heavy atom. The first-order chi connectivity index (χ1) is 13.9. The Hall–Kier alpha value is -3.20. The molecule has 0 aliphatic heterocycles. The van der Waals surface area contributed by atoms with Crippen molar-refractivity contribution in [3.8, 4) is 11.5 Å². The molecule has 3 rings (SSSR count). The Morgan fingerprint density at radius 1 is 1.21 bits per heavy atom. The summed E-state index contributed by atoms with van der Waals surface area (Å²) < 4.78 is 36.8. The van der Waals surface area contributed by atoms with Gasteiger partial charge < -0.3 is 20.1 Å². The first-order valence-electron chi connectivity index (χ1n) is 8.72. The Labute approximate surface area is 172 Å². The zero-order valence-electron chi connectivity index (χ0n) is 15.9. The molecule has 1 heterocycles. The van der Waals surface area contributed by atoms with Crippen molar-refractivity contribution in [2.24, 2.45) is 0 Å². The van der Waals surface area contributed by atoms with E-state index in [1.54, 1.807) is 43.2 Å². The van der Waals surface area contributed by atoms with Crippen LogP contribution in [0.1, 0.15) is 11.1 Å². The minimum Gasteiger partial charge on any atom is -0.497 e. The van der Waals surface area contributed by atoms with E-state index >= 15 is 0 Å². The van der Waals surface area contributed by atoms with Gasteiger partial charge in [0.15, 0.2) is 5.11 Å². The standard InChI is InChI=1S/C20H20F2N4O2S/c1-13-6-7-17(18(8-13)28-19(21)22)25-20(29)24-15-10-23-26(12-15)11-14-4-3-5-16(9-14)27-2/h3-10,12,19H,11H2,1-2H3,(H2,24,25,29). The lowest BCUT2D eigenvalue weighted by atomic mass is 10.2. The molecule has 0 fully saturated rings. The van der Waals surface area contributed by atoms with Gasteiger partial charge >= 0.3 is 6.61 Å². The molecule has 6 nitrogen and oxygen atoms in total. The first-order valence-corrected chi connectivity index (χ1v) is 9.12. The van der Waals surface area contributed by atoms with Crippen molar-refractivity contribution >= 4 is 28.7 Å². The largest absolute Gasteiger partial charge is 0.497 e. The molecule has 0 atom stereocenters. The van der Waals surface area contributed by atoms with Crippen molar-refractivity contribution in [2.75, 3.05) is 17.7 Å². The molecule has 0 saturated carbocycles. The highest BCUT2D eigenvalue weighted by molar-refractivity contribution is 7.80. The van der Waals surface area contributed by atoms with Gasteiger partial charge in [-0.15, -0.1) is 0 Å². The number of thiocarbonyl (C=S) groups is 1. The summed E-state index contributed by atoms with van der Waals surface area (Å²) in [5.74, 6) is 0.802. The molecule has 152 valence electrons. The van der Waals surface area contributed by atoms with E-state index in [1.807, 2.05) is 24.3 Å². The quantitative estimate of drug-likeness (QED) is 0.545. The number of ether oxygens (including phenoxy) is 2. The predicted molar refractivity (Wildman–Crippen MR) is 112 cm³/mol. The van der Waals surface area contributed by atoms with Gasteiger partial charge in [-0.1, -0.05) is 18.2 Å². The Balaban J connectivity index is 1.63. The summed E-state index contributed by atoms with van der Waals surface area (Å²) in [6.07, 6.45) is 3.42. The fraction of sp³-hybridized carbons (Fsp3) is 0.200. The Kier molecular flexibility index (Phi) is 6.61. The van der Waals surface area contributed by atoms with Crippen LogP contribution < -0.4 is 20.1 Å². The molecule has 0 spiro atoms. The van der Waals surface area contributed by atoms with Gasteiger partial charge in [0, 0.05) is 6.20 Å². The molecule has 1 aromatic heterocycles. The number of alkyl halides is 2. The molecule has 0 radical (unpaired) electrons. The van der Waals surface area contributed by atoms with Crippen LogP contribution in [-0.4, -0.2) is 28.6 Å². The van der Waals surface area contributed by atoms with Gasteiger partial charge in [-0.2, -0.15) is 13.9 Å². The molecule has 0 aliphatic carbocycles. The zero-order chi connectivity index (χ0) is 20.8. The van der Waals surface area contributed by atoms with Crippen LogP contribution >= 0.6 is 12.2 Å². The number of aryl methyl sites for hydroxylation is 1. The normalized spacial score (nSPS) is 10.7. The van der Waals surface area contributed by atoms with Crippen molar-refractivity contribution in [3.63, 3.8) is 0 Å². The van der Waals surface area contributed by atoms with Crippen molar-refractivity contribution in [1.29, 1.82) is 0 Å². The average Bonchev–Trinajstić information content (AvgIpc) is 3.10. The summed E-state index contributed by atoms with van der Waals surface area (Å²) in [4.78, 5) is 0. The number of halogens is 2.